The molecule has 4 nitrogen and oxygen atoms in total. The van der Waals surface area contributed by atoms with Gasteiger partial charge in [0.1, 0.15) is 6.29 Å². The van der Waals surface area contributed by atoms with Gasteiger partial charge in [0.15, 0.2) is 11.5 Å². The lowest BCUT2D eigenvalue weighted by Crippen LogP contribution is -2.16. The van der Waals surface area contributed by atoms with Crippen LogP contribution in [0.5, 0.6) is 11.5 Å². The van der Waals surface area contributed by atoms with Crippen molar-refractivity contribution in [2.45, 2.75) is 12.8 Å². The summed E-state index contributed by atoms with van der Waals surface area (Å²) >= 11 is 0. The molecule has 0 saturated heterocycles. The number of ether oxygens (including phenoxy) is 2. The predicted octanol–water partition coefficient (Wildman–Crippen LogP) is 3.22. The maximum atomic E-state index is 12.2. The number of hydrogen-bond donors (Lipinski definition) is 0. The second-order valence-corrected chi connectivity index (χ2v) is 4.58. The van der Waals surface area contributed by atoms with Crippen molar-refractivity contribution in [1.82, 2.24) is 0 Å². The van der Waals surface area contributed by atoms with E-state index in [0.717, 1.165) is 5.56 Å². The van der Waals surface area contributed by atoms with Gasteiger partial charge in [0, 0.05) is 5.56 Å². The van der Waals surface area contributed by atoms with E-state index < -0.39 is 0 Å². The molecule has 0 aliphatic carbocycles. The Hall–Kier alpha value is -2.62. The molecule has 0 aromatic heterocycles. The zero-order valence-electron chi connectivity index (χ0n) is 11.9. The number of carbonyl (C=O) groups excluding carboxylic acids is 2. The molecule has 0 bridgehead atoms. The van der Waals surface area contributed by atoms with Crippen LogP contribution in [0.2, 0.25) is 0 Å². The summed E-state index contributed by atoms with van der Waals surface area (Å²) in [5.41, 5.74) is 1.34. The smallest absolute Gasteiger partial charge is 0.318 e. The lowest BCUT2D eigenvalue weighted by Gasteiger charge is -2.13. The molecule has 108 valence electrons. The van der Waals surface area contributed by atoms with E-state index in [2.05, 4.69) is 0 Å². The topological polar surface area (TPSA) is 52.6 Å². The van der Waals surface area contributed by atoms with Gasteiger partial charge in [-0.2, -0.15) is 0 Å². The Labute approximate surface area is 123 Å². The maximum Gasteiger partial charge on any atom is 0.318 e. The van der Waals surface area contributed by atoms with Crippen molar-refractivity contribution in [3.63, 3.8) is 0 Å². The largest absolute Gasteiger partial charge is 0.493 e. The van der Waals surface area contributed by atoms with Gasteiger partial charge in [0.2, 0.25) is 0 Å². The van der Waals surface area contributed by atoms with E-state index in [-0.39, 0.29) is 11.9 Å². The van der Waals surface area contributed by atoms with E-state index in [1.165, 1.54) is 13.2 Å². The standard InChI is InChI=1S/C17H16O4/c1-12(14-6-4-3-5-7-14)17(19)21-15-9-8-13(11-18)10-16(15)20-2/h3-12H,1-2H3/t12-/m0/s1. The summed E-state index contributed by atoms with van der Waals surface area (Å²) < 4.78 is 10.5. The van der Waals surface area contributed by atoms with Gasteiger partial charge in [-0.3, -0.25) is 9.59 Å². The van der Waals surface area contributed by atoms with Crippen LogP contribution in [-0.4, -0.2) is 19.4 Å². The second kappa shape index (κ2) is 6.70. The first-order valence-electron chi connectivity index (χ1n) is 6.55. The van der Waals surface area contributed by atoms with Crippen molar-refractivity contribution in [2.75, 3.05) is 7.11 Å². The summed E-state index contributed by atoms with van der Waals surface area (Å²) in [6.07, 6.45) is 0.709. The van der Waals surface area contributed by atoms with Gasteiger partial charge in [0.05, 0.1) is 13.0 Å². The van der Waals surface area contributed by atoms with Gasteiger partial charge in [0.25, 0.3) is 0 Å². The zero-order valence-corrected chi connectivity index (χ0v) is 11.9. The minimum atomic E-state index is -0.387. The third-order valence-corrected chi connectivity index (χ3v) is 3.19. The number of benzene rings is 2. The highest BCUT2D eigenvalue weighted by Gasteiger charge is 2.19. The number of carbonyl (C=O) groups is 2. The molecule has 0 fully saturated rings. The highest BCUT2D eigenvalue weighted by atomic mass is 16.6. The average Bonchev–Trinajstić information content (AvgIpc) is 2.55. The van der Waals surface area contributed by atoms with Crippen LogP contribution in [0.4, 0.5) is 0 Å². The SMILES string of the molecule is COc1cc(C=O)ccc1OC(=O)[C@@H](C)c1ccccc1. The first kappa shape index (κ1) is 14.8. The Morgan fingerprint density at radius 3 is 2.43 bits per heavy atom. The quantitative estimate of drug-likeness (QED) is 0.480. The molecular weight excluding hydrogens is 268 g/mol. The molecule has 0 radical (unpaired) electrons. The van der Waals surface area contributed by atoms with Crippen molar-refractivity contribution in [3.8, 4) is 11.5 Å². The maximum absolute atomic E-state index is 12.2. The minimum absolute atomic E-state index is 0.302. The van der Waals surface area contributed by atoms with E-state index in [0.29, 0.717) is 23.3 Å². The van der Waals surface area contributed by atoms with Gasteiger partial charge >= 0.3 is 5.97 Å². The van der Waals surface area contributed by atoms with Crippen molar-refractivity contribution in [2.24, 2.45) is 0 Å². The Morgan fingerprint density at radius 2 is 1.81 bits per heavy atom. The Morgan fingerprint density at radius 1 is 1.10 bits per heavy atom. The molecular formula is C17H16O4. The van der Waals surface area contributed by atoms with Crippen LogP contribution in [-0.2, 0) is 4.79 Å². The van der Waals surface area contributed by atoms with E-state index in [4.69, 9.17) is 9.47 Å². The summed E-state index contributed by atoms with van der Waals surface area (Å²) in [4.78, 5) is 22.9. The van der Waals surface area contributed by atoms with Gasteiger partial charge in [-0.1, -0.05) is 30.3 Å². The number of esters is 1. The normalized spacial score (nSPS) is 11.5. The van der Waals surface area contributed by atoms with E-state index in [9.17, 15) is 9.59 Å². The fourth-order valence-corrected chi connectivity index (χ4v) is 1.92. The van der Waals surface area contributed by atoms with Crippen LogP contribution < -0.4 is 9.47 Å². The van der Waals surface area contributed by atoms with Crippen molar-refractivity contribution >= 4 is 12.3 Å². The first-order chi connectivity index (χ1) is 10.2. The molecule has 0 aliphatic rings. The second-order valence-electron chi connectivity index (χ2n) is 4.58. The van der Waals surface area contributed by atoms with Crippen molar-refractivity contribution in [3.05, 3.63) is 59.7 Å². The third kappa shape index (κ3) is 3.48. The summed E-state index contributed by atoms with van der Waals surface area (Å²) in [5.74, 6) is -0.107. The Kier molecular flexibility index (Phi) is 4.72. The molecule has 0 saturated carbocycles. The van der Waals surface area contributed by atoms with E-state index in [1.54, 1.807) is 19.1 Å². The van der Waals surface area contributed by atoms with E-state index >= 15 is 0 Å². The summed E-state index contributed by atoms with van der Waals surface area (Å²) in [6.45, 7) is 1.78. The molecule has 2 rings (SSSR count). The highest BCUT2D eigenvalue weighted by molar-refractivity contribution is 5.81. The van der Waals surface area contributed by atoms with Crippen molar-refractivity contribution in [1.29, 1.82) is 0 Å². The molecule has 0 unspecified atom stereocenters. The van der Waals surface area contributed by atoms with Gasteiger partial charge in [-0.05, 0) is 30.7 Å². The molecule has 1 atom stereocenters. The summed E-state index contributed by atoms with van der Waals surface area (Å²) in [7, 11) is 1.46. The van der Waals surface area contributed by atoms with Crippen LogP contribution in [0.1, 0.15) is 28.8 Å². The molecule has 4 heteroatoms. The number of rotatable bonds is 5. The number of hydrogen-bond acceptors (Lipinski definition) is 4. The minimum Gasteiger partial charge on any atom is -0.493 e. The van der Waals surface area contributed by atoms with E-state index in [1.807, 2.05) is 30.3 Å². The van der Waals surface area contributed by atoms with Crippen LogP contribution in [0.3, 0.4) is 0 Å². The third-order valence-electron chi connectivity index (χ3n) is 3.19. The van der Waals surface area contributed by atoms with Crippen LogP contribution in [0.15, 0.2) is 48.5 Å². The fourth-order valence-electron chi connectivity index (χ4n) is 1.92. The van der Waals surface area contributed by atoms with Crippen LogP contribution >= 0.6 is 0 Å². The summed E-state index contributed by atoms with van der Waals surface area (Å²) in [5, 5.41) is 0. The Bertz CT molecular complexity index is 634. The van der Waals surface area contributed by atoms with Gasteiger partial charge < -0.3 is 9.47 Å². The predicted molar refractivity (Wildman–Crippen MR) is 78.9 cm³/mol. The highest BCUT2D eigenvalue weighted by Crippen LogP contribution is 2.29. The molecule has 2 aromatic rings. The molecule has 2 aromatic carbocycles. The molecule has 0 heterocycles. The number of methoxy groups -OCH3 is 1. The summed E-state index contributed by atoms with van der Waals surface area (Å²) in [6, 6.07) is 14.0. The Balaban J connectivity index is 2.18. The lowest BCUT2D eigenvalue weighted by molar-refractivity contribution is -0.135. The monoisotopic (exact) mass is 284 g/mol. The number of aldehydes is 1. The van der Waals surface area contributed by atoms with Gasteiger partial charge in [-0.25, -0.2) is 0 Å². The fraction of sp³-hybridized carbons (Fsp3) is 0.176. The lowest BCUT2D eigenvalue weighted by atomic mass is 10.0. The molecule has 0 N–H and O–H groups in total. The molecule has 0 amide bonds. The van der Waals surface area contributed by atoms with Crippen LogP contribution in [0.25, 0.3) is 0 Å². The zero-order chi connectivity index (χ0) is 15.2. The average molecular weight is 284 g/mol. The molecule has 0 spiro atoms. The van der Waals surface area contributed by atoms with Crippen molar-refractivity contribution < 1.29 is 19.1 Å². The molecule has 0 aliphatic heterocycles. The molecule has 21 heavy (non-hydrogen) atoms. The van der Waals surface area contributed by atoms with Gasteiger partial charge in [-0.15, -0.1) is 0 Å². The first-order valence-corrected chi connectivity index (χ1v) is 6.55. The van der Waals surface area contributed by atoms with Crippen LogP contribution in [0, 0.1) is 0 Å².